The summed E-state index contributed by atoms with van der Waals surface area (Å²) in [6.45, 7) is 8.76. The highest BCUT2D eigenvalue weighted by Gasteiger charge is 2.12. The fourth-order valence-electron chi connectivity index (χ4n) is 0.989. The van der Waals surface area contributed by atoms with E-state index >= 15 is 0 Å². The highest BCUT2D eigenvalue weighted by Crippen LogP contribution is 2.10. The van der Waals surface area contributed by atoms with Crippen molar-refractivity contribution in [3.8, 4) is 0 Å². The third-order valence-electron chi connectivity index (χ3n) is 1.86. The minimum atomic E-state index is -0.389. The average molecular weight is 247 g/mol. The molecule has 5 nitrogen and oxygen atoms in total. The van der Waals surface area contributed by atoms with E-state index in [-0.39, 0.29) is 18.1 Å². The first-order valence-electron chi connectivity index (χ1n) is 5.93. The number of amides is 1. The molecule has 0 aromatic rings. The van der Waals surface area contributed by atoms with Gasteiger partial charge in [-0.3, -0.25) is 0 Å². The Bertz CT molecular complexity index is 201. The highest BCUT2D eigenvalue weighted by atomic mass is 16.6. The van der Waals surface area contributed by atoms with E-state index < -0.39 is 0 Å². The van der Waals surface area contributed by atoms with Crippen LogP contribution in [0.4, 0.5) is 4.79 Å². The first kappa shape index (κ1) is 16.2. The predicted molar refractivity (Wildman–Crippen MR) is 66.1 cm³/mol. The zero-order valence-corrected chi connectivity index (χ0v) is 11.4. The molecule has 1 amide bonds. The molecule has 0 spiro atoms. The first-order valence-corrected chi connectivity index (χ1v) is 5.93. The largest absolute Gasteiger partial charge is 0.447 e. The average Bonchev–Trinajstić information content (AvgIpc) is 2.24. The third kappa shape index (κ3) is 13.1. The molecule has 0 aromatic carbocycles. The van der Waals surface area contributed by atoms with Gasteiger partial charge in [0.1, 0.15) is 6.61 Å². The SMILES string of the molecule is COCCCOCCOC(=O)NCC(C)(C)C. The maximum Gasteiger partial charge on any atom is 0.407 e. The molecule has 0 saturated carbocycles. The number of rotatable bonds is 8. The molecule has 0 aliphatic rings. The molecule has 5 heteroatoms. The quantitative estimate of drug-likeness (QED) is 0.665. The van der Waals surface area contributed by atoms with Crippen molar-refractivity contribution in [1.29, 1.82) is 0 Å². The molecule has 0 aliphatic heterocycles. The van der Waals surface area contributed by atoms with Crippen molar-refractivity contribution in [2.75, 3.05) is 40.1 Å². The smallest absolute Gasteiger partial charge is 0.407 e. The predicted octanol–water partition coefficient (Wildman–Crippen LogP) is 1.81. The summed E-state index contributed by atoms with van der Waals surface area (Å²) in [4.78, 5) is 11.2. The summed E-state index contributed by atoms with van der Waals surface area (Å²) < 4.78 is 15.1. The fraction of sp³-hybridized carbons (Fsp3) is 0.917. The van der Waals surface area contributed by atoms with E-state index in [0.717, 1.165) is 6.42 Å². The van der Waals surface area contributed by atoms with Gasteiger partial charge in [0.25, 0.3) is 0 Å². The molecule has 1 N–H and O–H groups in total. The number of methoxy groups -OCH3 is 1. The van der Waals surface area contributed by atoms with E-state index in [0.29, 0.717) is 26.4 Å². The summed E-state index contributed by atoms with van der Waals surface area (Å²) in [5.74, 6) is 0. The summed E-state index contributed by atoms with van der Waals surface area (Å²) in [7, 11) is 1.66. The molecule has 0 heterocycles. The van der Waals surface area contributed by atoms with Crippen LogP contribution in [0.3, 0.4) is 0 Å². The van der Waals surface area contributed by atoms with Crippen LogP contribution in [-0.4, -0.2) is 46.2 Å². The Morgan fingerprint density at radius 1 is 1.12 bits per heavy atom. The minimum Gasteiger partial charge on any atom is -0.447 e. The molecule has 0 aromatic heterocycles. The summed E-state index contributed by atoms with van der Waals surface area (Å²) in [6, 6.07) is 0. The minimum absolute atomic E-state index is 0.0652. The van der Waals surface area contributed by atoms with Gasteiger partial charge in [0, 0.05) is 26.9 Å². The third-order valence-corrected chi connectivity index (χ3v) is 1.86. The van der Waals surface area contributed by atoms with E-state index in [4.69, 9.17) is 14.2 Å². The Kier molecular flexibility index (Phi) is 8.80. The maximum absolute atomic E-state index is 11.2. The summed E-state index contributed by atoms with van der Waals surface area (Å²) in [5.41, 5.74) is 0.0652. The van der Waals surface area contributed by atoms with Gasteiger partial charge in [-0.15, -0.1) is 0 Å². The highest BCUT2D eigenvalue weighted by molar-refractivity contribution is 5.67. The number of alkyl carbamates (subject to hydrolysis) is 1. The lowest BCUT2D eigenvalue weighted by Gasteiger charge is -2.18. The molecule has 0 atom stereocenters. The van der Waals surface area contributed by atoms with Gasteiger partial charge in [0.15, 0.2) is 0 Å². The summed E-state index contributed by atoms with van der Waals surface area (Å²) >= 11 is 0. The van der Waals surface area contributed by atoms with Gasteiger partial charge < -0.3 is 19.5 Å². The van der Waals surface area contributed by atoms with Crippen molar-refractivity contribution < 1.29 is 19.0 Å². The molecule has 0 rings (SSSR count). The van der Waals surface area contributed by atoms with Crippen LogP contribution in [0, 0.1) is 5.41 Å². The number of ether oxygens (including phenoxy) is 3. The Labute approximate surface area is 104 Å². The number of hydrogen-bond acceptors (Lipinski definition) is 4. The van der Waals surface area contributed by atoms with Crippen LogP contribution < -0.4 is 5.32 Å². The summed E-state index contributed by atoms with van der Waals surface area (Å²) in [6.07, 6.45) is 0.465. The van der Waals surface area contributed by atoms with Crippen molar-refractivity contribution in [2.45, 2.75) is 27.2 Å². The van der Waals surface area contributed by atoms with Gasteiger partial charge in [0.2, 0.25) is 0 Å². The van der Waals surface area contributed by atoms with Crippen molar-refractivity contribution in [3.63, 3.8) is 0 Å². The van der Waals surface area contributed by atoms with Crippen molar-refractivity contribution in [2.24, 2.45) is 5.41 Å². The fourth-order valence-corrected chi connectivity index (χ4v) is 0.989. The standard InChI is InChI=1S/C12H25NO4/c1-12(2,3)10-13-11(14)17-9-8-16-7-5-6-15-4/h5-10H2,1-4H3,(H,13,14). The van der Waals surface area contributed by atoms with E-state index in [1.165, 1.54) is 0 Å². The molecule has 102 valence electrons. The van der Waals surface area contributed by atoms with Crippen LogP contribution >= 0.6 is 0 Å². The number of carbonyl (C=O) groups excluding carboxylic acids is 1. The topological polar surface area (TPSA) is 56.8 Å². The Morgan fingerprint density at radius 2 is 1.82 bits per heavy atom. The molecule has 0 fully saturated rings. The number of carbonyl (C=O) groups is 1. The van der Waals surface area contributed by atoms with Gasteiger partial charge in [0.05, 0.1) is 6.61 Å². The lowest BCUT2D eigenvalue weighted by molar-refractivity contribution is 0.0608. The summed E-state index contributed by atoms with van der Waals surface area (Å²) in [5, 5.41) is 2.70. The molecular weight excluding hydrogens is 222 g/mol. The number of hydrogen-bond donors (Lipinski definition) is 1. The van der Waals surface area contributed by atoms with Gasteiger partial charge in [-0.1, -0.05) is 20.8 Å². The normalized spacial score (nSPS) is 11.3. The van der Waals surface area contributed by atoms with Crippen LogP contribution in [0.2, 0.25) is 0 Å². The molecule has 0 aliphatic carbocycles. The van der Waals surface area contributed by atoms with Crippen LogP contribution in [0.15, 0.2) is 0 Å². The second kappa shape index (κ2) is 9.24. The Balaban J connectivity index is 3.28. The second-order valence-corrected chi connectivity index (χ2v) is 5.01. The molecule has 0 unspecified atom stereocenters. The van der Waals surface area contributed by atoms with Crippen LogP contribution in [-0.2, 0) is 14.2 Å². The molecule has 0 radical (unpaired) electrons. The van der Waals surface area contributed by atoms with Gasteiger partial charge in [-0.2, -0.15) is 0 Å². The second-order valence-electron chi connectivity index (χ2n) is 5.01. The molecule has 0 bridgehead atoms. The van der Waals surface area contributed by atoms with E-state index in [9.17, 15) is 4.79 Å². The first-order chi connectivity index (χ1) is 7.95. The lowest BCUT2D eigenvalue weighted by Crippen LogP contribution is -2.33. The van der Waals surface area contributed by atoms with Crippen LogP contribution in [0.25, 0.3) is 0 Å². The maximum atomic E-state index is 11.2. The Morgan fingerprint density at radius 3 is 2.41 bits per heavy atom. The zero-order chi connectivity index (χ0) is 13.1. The zero-order valence-electron chi connectivity index (χ0n) is 11.4. The van der Waals surface area contributed by atoms with Gasteiger partial charge in [-0.05, 0) is 11.8 Å². The van der Waals surface area contributed by atoms with Crippen LogP contribution in [0.5, 0.6) is 0 Å². The van der Waals surface area contributed by atoms with Crippen molar-refractivity contribution >= 4 is 6.09 Å². The monoisotopic (exact) mass is 247 g/mol. The number of nitrogens with one attached hydrogen (secondary N) is 1. The lowest BCUT2D eigenvalue weighted by atomic mass is 9.97. The molecule has 0 saturated heterocycles. The Hall–Kier alpha value is -0.810. The van der Waals surface area contributed by atoms with E-state index in [1.807, 2.05) is 20.8 Å². The van der Waals surface area contributed by atoms with E-state index in [1.54, 1.807) is 7.11 Å². The van der Waals surface area contributed by atoms with Crippen molar-refractivity contribution in [1.82, 2.24) is 5.32 Å². The van der Waals surface area contributed by atoms with Gasteiger partial charge >= 0.3 is 6.09 Å². The van der Waals surface area contributed by atoms with E-state index in [2.05, 4.69) is 5.32 Å². The van der Waals surface area contributed by atoms with Crippen molar-refractivity contribution in [3.05, 3.63) is 0 Å². The van der Waals surface area contributed by atoms with Crippen LogP contribution in [0.1, 0.15) is 27.2 Å². The molecular formula is C12H25NO4. The molecule has 17 heavy (non-hydrogen) atoms. The van der Waals surface area contributed by atoms with Gasteiger partial charge in [-0.25, -0.2) is 4.79 Å².